The van der Waals surface area contributed by atoms with Gasteiger partial charge in [-0.25, -0.2) is 14.2 Å². The van der Waals surface area contributed by atoms with E-state index < -0.39 is 0 Å². The third kappa shape index (κ3) is 3.02. The summed E-state index contributed by atoms with van der Waals surface area (Å²) < 4.78 is 8.04. The third-order valence-corrected chi connectivity index (χ3v) is 4.53. The van der Waals surface area contributed by atoms with E-state index in [2.05, 4.69) is 15.5 Å². The average Bonchev–Trinajstić information content (AvgIpc) is 3.03. The molecule has 0 saturated heterocycles. The number of methoxy groups -OCH3 is 1. The van der Waals surface area contributed by atoms with Crippen molar-refractivity contribution in [3.63, 3.8) is 0 Å². The molecule has 0 aliphatic carbocycles. The van der Waals surface area contributed by atoms with E-state index in [-0.39, 0.29) is 18.1 Å². The van der Waals surface area contributed by atoms with Crippen molar-refractivity contribution in [1.29, 1.82) is 0 Å². The summed E-state index contributed by atoms with van der Waals surface area (Å²) in [6.07, 6.45) is 2.98. The molecule has 142 valence electrons. The number of amides is 1. The number of hydrogen-bond acceptors (Lipinski definition) is 5. The monoisotopic (exact) mass is 397 g/mol. The number of ether oxygens (including phenoxy) is 1. The summed E-state index contributed by atoms with van der Waals surface area (Å²) in [6.45, 7) is 1.62. The van der Waals surface area contributed by atoms with Crippen LogP contribution >= 0.6 is 11.6 Å². The zero-order chi connectivity index (χ0) is 19.8. The highest BCUT2D eigenvalue weighted by atomic mass is 35.5. The number of benzene rings is 1. The molecule has 0 unspecified atom stereocenters. The molecule has 0 saturated carbocycles. The average molecular weight is 398 g/mol. The summed E-state index contributed by atoms with van der Waals surface area (Å²) in [5.41, 5.74) is 5.64. The minimum atomic E-state index is -0.390. The van der Waals surface area contributed by atoms with E-state index in [0.29, 0.717) is 27.3 Å². The van der Waals surface area contributed by atoms with Crippen molar-refractivity contribution in [1.82, 2.24) is 19.3 Å². The number of fused-ring (bicyclic) bond motifs is 3. The van der Waals surface area contributed by atoms with Crippen LogP contribution in [0.5, 0.6) is 0 Å². The van der Waals surface area contributed by atoms with Gasteiger partial charge in [0.05, 0.1) is 28.8 Å². The Morgan fingerprint density at radius 1 is 1.25 bits per heavy atom. The van der Waals surface area contributed by atoms with E-state index in [9.17, 15) is 9.59 Å². The first-order chi connectivity index (χ1) is 13.5. The van der Waals surface area contributed by atoms with Crippen molar-refractivity contribution in [2.45, 2.75) is 13.5 Å². The molecule has 0 radical (unpaired) electrons. The van der Waals surface area contributed by atoms with Gasteiger partial charge in [0.25, 0.3) is 5.56 Å². The molecular formula is C19H16ClN5O3. The van der Waals surface area contributed by atoms with Gasteiger partial charge in [0, 0.05) is 31.4 Å². The predicted molar refractivity (Wildman–Crippen MR) is 106 cm³/mol. The summed E-state index contributed by atoms with van der Waals surface area (Å²) in [7, 11) is 1.59. The Labute approximate surface area is 164 Å². The van der Waals surface area contributed by atoms with E-state index in [1.165, 1.54) is 19.3 Å². The van der Waals surface area contributed by atoms with Crippen LogP contribution in [-0.2, 0) is 16.1 Å². The number of hydrogen-bond donors (Lipinski definition) is 1. The molecule has 1 aromatic carbocycles. The van der Waals surface area contributed by atoms with Crippen LogP contribution in [0.25, 0.3) is 27.7 Å². The lowest BCUT2D eigenvalue weighted by atomic mass is 10.1. The number of carbonyl (C=O) groups is 1. The van der Waals surface area contributed by atoms with Crippen molar-refractivity contribution in [3.8, 4) is 11.1 Å². The van der Waals surface area contributed by atoms with Crippen molar-refractivity contribution in [2.75, 3.05) is 12.5 Å². The van der Waals surface area contributed by atoms with E-state index in [1.807, 2.05) is 12.1 Å². The summed E-state index contributed by atoms with van der Waals surface area (Å²) in [6, 6.07) is 9.07. The Morgan fingerprint density at radius 3 is 2.68 bits per heavy atom. The van der Waals surface area contributed by atoms with Crippen molar-refractivity contribution >= 4 is 34.1 Å². The van der Waals surface area contributed by atoms with E-state index >= 15 is 0 Å². The number of nitrogens with one attached hydrogen (secondary N) is 1. The number of carbonyl (C=O) groups excluding carboxylic acids is 1. The van der Waals surface area contributed by atoms with Crippen LogP contribution < -0.4 is 11.0 Å². The quantitative estimate of drug-likeness (QED) is 0.571. The molecule has 0 atom stereocenters. The lowest BCUT2D eigenvalue weighted by molar-refractivity contribution is -0.115. The lowest BCUT2D eigenvalue weighted by Gasteiger charge is -2.08. The van der Waals surface area contributed by atoms with Gasteiger partial charge in [-0.2, -0.15) is 5.10 Å². The van der Waals surface area contributed by atoms with Gasteiger partial charge >= 0.3 is 0 Å². The molecule has 4 aromatic rings. The maximum absolute atomic E-state index is 12.7. The highest BCUT2D eigenvalue weighted by molar-refractivity contribution is 6.30. The second kappa shape index (κ2) is 7.06. The molecule has 3 aromatic heterocycles. The largest absolute Gasteiger partial charge is 0.378 e. The summed E-state index contributed by atoms with van der Waals surface area (Å²) in [5, 5.41) is 5.58. The van der Waals surface area contributed by atoms with Gasteiger partial charge in [-0.1, -0.05) is 23.7 Å². The van der Waals surface area contributed by atoms with Gasteiger partial charge in [-0.3, -0.25) is 15.0 Å². The zero-order valence-electron chi connectivity index (χ0n) is 15.1. The molecule has 0 fully saturated rings. The Hall–Kier alpha value is -3.23. The van der Waals surface area contributed by atoms with Crippen LogP contribution in [0.3, 0.4) is 0 Å². The zero-order valence-corrected chi connectivity index (χ0v) is 15.9. The molecule has 0 aliphatic rings. The predicted octanol–water partition coefficient (Wildman–Crippen LogP) is 2.60. The molecule has 9 heteroatoms. The molecular weight excluding hydrogens is 382 g/mol. The SMILES string of the molecule is COCc1nn2c(ncc3c(=O)n(NC(C)=O)ccc32)c1-c1ccc(Cl)cc1. The maximum atomic E-state index is 12.7. The lowest BCUT2D eigenvalue weighted by Crippen LogP contribution is -2.31. The molecule has 4 rings (SSSR count). The van der Waals surface area contributed by atoms with Crippen LogP contribution in [0.1, 0.15) is 12.6 Å². The van der Waals surface area contributed by atoms with Crippen LogP contribution in [-0.4, -0.2) is 32.3 Å². The van der Waals surface area contributed by atoms with Crippen LogP contribution in [0.4, 0.5) is 0 Å². The van der Waals surface area contributed by atoms with Gasteiger partial charge in [-0.15, -0.1) is 0 Å². The van der Waals surface area contributed by atoms with Gasteiger partial charge in [0.2, 0.25) is 5.91 Å². The van der Waals surface area contributed by atoms with E-state index in [4.69, 9.17) is 16.3 Å². The van der Waals surface area contributed by atoms with Gasteiger partial charge < -0.3 is 4.74 Å². The second-order valence-corrected chi connectivity index (χ2v) is 6.65. The number of rotatable bonds is 4. The molecule has 1 amide bonds. The van der Waals surface area contributed by atoms with Gasteiger partial charge in [0.1, 0.15) is 0 Å². The molecule has 3 heterocycles. The van der Waals surface area contributed by atoms with E-state index in [0.717, 1.165) is 15.8 Å². The molecule has 0 spiro atoms. The van der Waals surface area contributed by atoms with Crippen molar-refractivity contribution < 1.29 is 9.53 Å². The standard InChI is InChI=1S/C19H16ClN5O3/c1-11(26)22-24-8-7-16-14(19(24)27)9-21-18-17(12-3-5-13(20)6-4-12)15(10-28-2)23-25(16)18/h3-9H,10H2,1-2H3,(H,22,26). The Balaban J connectivity index is 2.00. The number of aromatic nitrogens is 4. The van der Waals surface area contributed by atoms with Crippen molar-refractivity contribution in [3.05, 3.63) is 63.8 Å². The van der Waals surface area contributed by atoms with Crippen molar-refractivity contribution in [2.24, 2.45) is 0 Å². The smallest absolute Gasteiger partial charge is 0.280 e. The molecule has 28 heavy (non-hydrogen) atoms. The number of pyridine rings is 1. The highest BCUT2D eigenvalue weighted by Gasteiger charge is 2.18. The van der Waals surface area contributed by atoms with Gasteiger partial charge in [0.15, 0.2) is 5.65 Å². The number of nitrogens with zero attached hydrogens (tertiary/aromatic N) is 4. The maximum Gasteiger partial charge on any atom is 0.280 e. The second-order valence-electron chi connectivity index (χ2n) is 6.21. The fraction of sp³-hybridized carbons (Fsp3) is 0.158. The summed E-state index contributed by atoms with van der Waals surface area (Å²) in [4.78, 5) is 28.4. The van der Waals surface area contributed by atoms with Gasteiger partial charge in [-0.05, 0) is 23.8 Å². The van der Waals surface area contributed by atoms with Crippen LogP contribution in [0.15, 0.2) is 47.5 Å². The topological polar surface area (TPSA) is 90.5 Å². The summed E-state index contributed by atoms with van der Waals surface area (Å²) >= 11 is 6.01. The van der Waals surface area contributed by atoms with Crippen LogP contribution in [0, 0.1) is 0 Å². The minimum Gasteiger partial charge on any atom is -0.378 e. The normalized spacial score (nSPS) is 11.2. The summed E-state index contributed by atoms with van der Waals surface area (Å²) in [5.74, 6) is -0.345. The first-order valence-electron chi connectivity index (χ1n) is 8.44. The Bertz CT molecular complexity index is 1260. The molecule has 0 bridgehead atoms. The first kappa shape index (κ1) is 18.1. The Kier molecular flexibility index (Phi) is 4.58. The minimum absolute atomic E-state index is 0.284. The molecule has 0 aliphatic heterocycles. The fourth-order valence-corrected chi connectivity index (χ4v) is 3.25. The van der Waals surface area contributed by atoms with Crippen LogP contribution in [0.2, 0.25) is 5.02 Å². The van der Waals surface area contributed by atoms with E-state index in [1.54, 1.807) is 29.8 Å². The molecule has 1 N–H and O–H groups in total. The Morgan fingerprint density at radius 2 is 2.00 bits per heavy atom. The third-order valence-electron chi connectivity index (χ3n) is 4.28. The molecule has 8 nitrogen and oxygen atoms in total. The number of halogens is 1. The first-order valence-corrected chi connectivity index (χ1v) is 8.82. The fourth-order valence-electron chi connectivity index (χ4n) is 3.12. The highest BCUT2D eigenvalue weighted by Crippen LogP contribution is 2.30.